The molecule has 6 nitrogen and oxygen atoms in total. The third kappa shape index (κ3) is 2.53. The van der Waals surface area contributed by atoms with E-state index in [1.54, 1.807) is 18.3 Å². The van der Waals surface area contributed by atoms with Crippen LogP contribution in [0.15, 0.2) is 35.6 Å². The van der Waals surface area contributed by atoms with Crippen molar-refractivity contribution in [2.75, 3.05) is 0 Å². The number of fused-ring (bicyclic) bond motifs is 1. The molecule has 0 saturated heterocycles. The van der Waals surface area contributed by atoms with Crippen molar-refractivity contribution in [3.8, 4) is 0 Å². The Morgan fingerprint density at radius 2 is 2.11 bits per heavy atom. The van der Waals surface area contributed by atoms with Crippen LogP contribution in [0.1, 0.15) is 16.8 Å². The maximum Gasteiger partial charge on any atom is 0.240 e. The number of aromatic nitrogens is 2. The summed E-state index contributed by atoms with van der Waals surface area (Å²) in [6.45, 7) is 1.73. The van der Waals surface area contributed by atoms with Crippen LogP contribution in [0.4, 0.5) is 0 Å². The van der Waals surface area contributed by atoms with Crippen LogP contribution < -0.4 is 10.0 Å². The highest BCUT2D eigenvalue weighted by atomic mass is 32.2. The molecule has 0 saturated carbocycles. The summed E-state index contributed by atoms with van der Waals surface area (Å²) in [6, 6.07) is 5.23. The summed E-state index contributed by atoms with van der Waals surface area (Å²) in [5.41, 5.74) is 2.93. The normalized spacial score (nSPS) is 14.5. The standard InChI is InChI=1S/C12H14N4O2S/c17-19(18,16-7-11-6-14-8-15-11)12-2-1-9-4-13-5-10(9)3-12/h1-3,6,8,13,16H,4-5,7H2,(H,14,15). The van der Waals surface area contributed by atoms with Crippen molar-refractivity contribution in [3.05, 3.63) is 47.5 Å². The van der Waals surface area contributed by atoms with Crippen molar-refractivity contribution in [1.82, 2.24) is 20.0 Å². The van der Waals surface area contributed by atoms with Crippen LogP contribution in [-0.2, 0) is 29.7 Å². The van der Waals surface area contributed by atoms with Gasteiger partial charge in [0.25, 0.3) is 0 Å². The maximum absolute atomic E-state index is 12.2. The quantitative estimate of drug-likeness (QED) is 0.759. The van der Waals surface area contributed by atoms with E-state index in [2.05, 4.69) is 20.0 Å². The lowest BCUT2D eigenvalue weighted by molar-refractivity contribution is 0.580. The SMILES string of the molecule is O=S(=O)(NCc1cnc[nH]1)c1ccc2c(c1)CNC2. The van der Waals surface area contributed by atoms with Crippen LogP contribution in [-0.4, -0.2) is 18.4 Å². The van der Waals surface area contributed by atoms with E-state index >= 15 is 0 Å². The third-order valence-corrected chi connectivity index (χ3v) is 4.53. The van der Waals surface area contributed by atoms with Gasteiger partial charge in [-0.05, 0) is 23.3 Å². The van der Waals surface area contributed by atoms with Gasteiger partial charge in [-0.2, -0.15) is 0 Å². The second-order valence-electron chi connectivity index (χ2n) is 4.44. The molecule has 100 valence electrons. The molecular formula is C12H14N4O2S. The fourth-order valence-corrected chi connectivity index (χ4v) is 3.13. The van der Waals surface area contributed by atoms with Crippen LogP contribution in [0.5, 0.6) is 0 Å². The maximum atomic E-state index is 12.2. The lowest BCUT2D eigenvalue weighted by Crippen LogP contribution is -2.23. The largest absolute Gasteiger partial charge is 0.347 e. The molecule has 0 aliphatic carbocycles. The van der Waals surface area contributed by atoms with Crippen LogP contribution in [0, 0.1) is 0 Å². The summed E-state index contributed by atoms with van der Waals surface area (Å²) in [7, 11) is -3.48. The van der Waals surface area contributed by atoms with E-state index in [0.29, 0.717) is 4.90 Å². The fourth-order valence-electron chi connectivity index (χ4n) is 2.08. The van der Waals surface area contributed by atoms with Gasteiger partial charge in [0.05, 0.1) is 17.8 Å². The van der Waals surface area contributed by atoms with Gasteiger partial charge in [-0.3, -0.25) is 0 Å². The minimum absolute atomic E-state index is 0.206. The van der Waals surface area contributed by atoms with Crippen LogP contribution in [0.2, 0.25) is 0 Å². The van der Waals surface area contributed by atoms with Crippen molar-refractivity contribution in [3.63, 3.8) is 0 Å². The molecule has 0 fully saturated rings. The second-order valence-corrected chi connectivity index (χ2v) is 6.20. The van der Waals surface area contributed by atoms with Crippen molar-refractivity contribution < 1.29 is 8.42 Å². The van der Waals surface area contributed by atoms with Crippen LogP contribution in [0.3, 0.4) is 0 Å². The summed E-state index contributed by atoms with van der Waals surface area (Å²) in [6.07, 6.45) is 3.11. The van der Waals surface area contributed by atoms with E-state index in [1.807, 2.05) is 6.07 Å². The lowest BCUT2D eigenvalue weighted by Gasteiger charge is -2.07. The zero-order chi connectivity index (χ0) is 13.3. The number of sulfonamides is 1. The molecule has 1 aromatic heterocycles. The van der Waals surface area contributed by atoms with Gasteiger partial charge in [-0.25, -0.2) is 18.1 Å². The van der Waals surface area contributed by atoms with Crippen molar-refractivity contribution >= 4 is 10.0 Å². The number of benzene rings is 1. The van der Waals surface area contributed by atoms with E-state index in [4.69, 9.17) is 0 Å². The molecule has 0 radical (unpaired) electrons. The highest BCUT2D eigenvalue weighted by molar-refractivity contribution is 7.89. The van der Waals surface area contributed by atoms with E-state index in [1.165, 1.54) is 6.33 Å². The summed E-state index contributed by atoms with van der Waals surface area (Å²) >= 11 is 0. The summed E-state index contributed by atoms with van der Waals surface area (Å²) in [5.74, 6) is 0. The van der Waals surface area contributed by atoms with E-state index < -0.39 is 10.0 Å². The van der Waals surface area contributed by atoms with Crippen molar-refractivity contribution in [2.45, 2.75) is 24.5 Å². The Bertz CT molecular complexity index is 680. The predicted octanol–water partition coefficient (Wildman–Crippen LogP) is 0.491. The molecule has 0 atom stereocenters. The minimum atomic E-state index is -3.48. The molecule has 19 heavy (non-hydrogen) atoms. The van der Waals surface area contributed by atoms with Gasteiger partial charge in [0.1, 0.15) is 0 Å². The van der Waals surface area contributed by atoms with Gasteiger partial charge in [-0.15, -0.1) is 0 Å². The average Bonchev–Trinajstić information content (AvgIpc) is 3.06. The van der Waals surface area contributed by atoms with Gasteiger partial charge in [-0.1, -0.05) is 6.07 Å². The number of aromatic amines is 1. The molecule has 1 aromatic carbocycles. The fraction of sp³-hybridized carbons (Fsp3) is 0.250. The number of nitrogens with one attached hydrogen (secondary N) is 3. The molecule has 0 unspecified atom stereocenters. The monoisotopic (exact) mass is 278 g/mol. The Morgan fingerprint density at radius 3 is 2.89 bits per heavy atom. The Balaban J connectivity index is 1.80. The van der Waals surface area contributed by atoms with Crippen LogP contribution >= 0.6 is 0 Å². The molecule has 1 aliphatic rings. The molecule has 0 bridgehead atoms. The number of hydrogen-bond acceptors (Lipinski definition) is 4. The average molecular weight is 278 g/mol. The number of imidazole rings is 1. The van der Waals surface area contributed by atoms with E-state index in [-0.39, 0.29) is 6.54 Å². The van der Waals surface area contributed by atoms with Crippen molar-refractivity contribution in [1.29, 1.82) is 0 Å². The highest BCUT2D eigenvalue weighted by Crippen LogP contribution is 2.19. The Morgan fingerprint density at radius 1 is 1.26 bits per heavy atom. The third-order valence-electron chi connectivity index (χ3n) is 3.13. The smallest absolute Gasteiger partial charge is 0.240 e. The first-order valence-electron chi connectivity index (χ1n) is 5.94. The zero-order valence-corrected chi connectivity index (χ0v) is 11.0. The van der Waals surface area contributed by atoms with Gasteiger partial charge < -0.3 is 10.3 Å². The first kappa shape index (κ1) is 12.3. The van der Waals surface area contributed by atoms with E-state index in [9.17, 15) is 8.42 Å². The highest BCUT2D eigenvalue weighted by Gasteiger charge is 2.18. The zero-order valence-electron chi connectivity index (χ0n) is 10.2. The predicted molar refractivity (Wildman–Crippen MR) is 69.6 cm³/mol. The summed E-state index contributed by atoms with van der Waals surface area (Å²) < 4.78 is 26.9. The van der Waals surface area contributed by atoms with Gasteiger partial charge >= 0.3 is 0 Å². The molecule has 0 amide bonds. The number of hydrogen-bond donors (Lipinski definition) is 3. The van der Waals surface area contributed by atoms with E-state index in [0.717, 1.165) is 29.9 Å². The van der Waals surface area contributed by atoms with Gasteiger partial charge in [0.15, 0.2) is 0 Å². The lowest BCUT2D eigenvalue weighted by atomic mass is 10.1. The first-order valence-corrected chi connectivity index (χ1v) is 7.43. The minimum Gasteiger partial charge on any atom is -0.347 e. The molecule has 0 spiro atoms. The van der Waals surface area contributed by atoms with Gasteiger partial charge in [0, 0.05) is 25.0 Å². The number of H-pyrrole nitrogens is 1. The number of nitrogens with zero attached hydrogens (tertiary/aromatic N) is 1. The van der Waals surface area contributed by atoms with Crippen molar-refractivity contribution in [2.24, 2.45) is 0 Å². The molecule has 7 heteroatoms. The molecule has 3 N–H and O–H groups in total. The summed E-state index contributed by atoms with van der Waals surface area (Å²) in [4.78, 5) is 7.00. The van der Waals surface area contributed by atoms with Crippen LogP contribution in [0.25, 0.3) is 0 Å². The van der Waals surface area contributed by atoms with Gasteiger partial charge in [0.2, 0.25) is 10.0 Å². The molecule has 1 aliphatic heterocycles. The molecular weight excluding hydrogens is 264 g/mol. The molecule has 3 rings (SSSR count). The first-order chi connectivity index (χ1) is 9.15. The molecule has 2 aromatic rings. The number of rotatable bonds is 4. The second kappa shape index (κ2) is 4.76. The molecule has 2 heterocycles. The Hall–Kier alpha value is -1.70. The Kier molecular flexibility index (Phi) is 3.09. The topological polar surface area (TPSA) is 86.9 Å². The Labute approximate surface area is 111 Å². The summed E-state index contributed by atoms with van der Waals surface area (Å²) in [5, 5.41) is 3.19.